The van der Waals surface area contributed by atoms with E-state index >= 15 is 0 Å². The lowest BCUT2D eigenvalue weighted by molar-refractivity contribution is -0.107. The van der Waals surface area contributed by atoms with Crippen LogP contribution in [0.15, 0.2) is 18.2 Å². The topological polar surface area (TPSA) is 29.5 Å². The molecule has 1 amide bonds. The van der Waals surface area contributed by atoms with Gasteiger partial charge in [0.05, 0.1) is 12.3 Å². The highest BCUT2D eigenvalue weighted by molar-refractivity contribution is 5.78. The normalized spacial score (nSPS) is 9.80. The molecule has 15 heavy (non-hydrogen) atoms. The van der Waals surface area contributed by atoms with E-state index in [0.29, 0.717) is 24.5 Å². The maximum Gasteiger partial charge on any atom is 0.213 e. The Balaban J connectivity index is 2.97. The fraction of sp³-hybridized carbons (Fsp3) is 0.364. The Bertz CT molecular complexity index is 341. The molecule has 0 aliphatic heterocycles. The van der Waals surface area contributed by atoms with E-state index in [2.05, 4.69) is 0 Å². The molecule has 0 fully saturated rings. The quantitative estimate of drug-likeness (QED) is 0.699. The molecule has 0 bridgehead atoms. The van der Waals surface area contributed by atoms with Crippen molar-refractivity contribution in [2.75, 3.05) is 18.6 Å². The average Bonchev–Trinajstić information content (AvgIpc) is 2.26. The summed E-state index contributed by atoms with van der Waals surface area (Å²) in [4.78, 5) is 11.9. The molecule has 0 unspecified atom stereocenters. The van der Waals surface area contributed by atoms with Crippen LogP contribution in [0.5, 0.6) is 5.75 Å². The SMILES string of the molecule is CCCOc1ccc(F)cc1N(C)C=O. The van der Waals surface area contributed by atoms with Gasteiger partial charge in [-0.15, -0.1) is 0 Å². The fourth-order valence-corrected chi connectivity index (χ4v) is 1.16. The van der Waals surface area contributed by atoms with Gasteiger partial charge in [0.15, 0.2) is 0 Å². The molecule has 0 heterocycles. The number of anilines is 1. The second kappa shape index (κ2) is 5.34. The molecule has 0 aromatic heterocycles. The zero-order chi connectivity index (χ0) is 11.3. The zero-order valence-corrected chi connectivity index (χ0v) is 8.87. The largest absolute Gasteiger partial charge is 0.491 e. The van der Waals surface area contributed by atoms with E-state index in [1.807, 2.05) is 6.92 Å². The van der Waals surface area contributed by atoms with Crippen LogP contribution in [-0.4, -0.2) is 20.1 Å². The van der Waals surface area contributed by atoms with Gasteiger partial charge < -0.3 is 9.64 Å². The number of amides is 1. The first-order valence-corrected chi connectivity index (χ1v) is 4.79. The van der Waals surface area contributed by atoms with Crippen molar-refractivity contribution in [1.29, 1.82) is 0 Å². The van der Waals surface area contributed by atoms with Gasteiger partial charge >= 0.3 is 0 Å². The number of benzene rings is 1. The first-order chi connectivity index (χ1) is 7.19. The molecule has 1 aromatic rings. The molecule has 4 heteroatoms. The minimum Gasteiger partial charge on any atom is -0.491 e. The van der Waals surface area contributed by atoms with Crippen LogP contribution in [0.1, 0.15) is 13.3 Å². The van der Waals surface area contributed by atoms with Crippen molar-refractivity contribution < 1.29 is 13.9 Å². The van der Waals surface area contributed by atoms with Crippen LogP contribution in [0, 0.1) is 5.82 Å². The first kappa shape index (κ1) is 11.5. The minimum atomic E-state index is -0.387. The Kier molecular flexibility index (Phi) is 4.09. The maximum atomic E-state index is 13.0. The van der Waals surface area contributed by atoms with Crippen molar-refractivity contribution in [2.24, 2.45) is 0 Å². The van der Waals surface area contributed by atoms with E-state index in [-0.39, 0.29) is 5.82 Å². The summed E-state index contributed by atoms with van der Waals surface area (Å²) < 4.78 is 18.4. The van der Waals surface area contributed by atoms with Gasteiger partial charge in [-0.2, -0.15) is 0 Å². The molecule has 0 aliphatic carbocycles. The van der Waals surface area contributed by atoms with E-state index in [9.17, 15) is 9.18 Å². The third-order valence-corrected chi connectivity index (χ3v) is 1.92. The highest BCUT2D eigenvalue weighted by Gasteiger charge is 2.09. The van der Waals surface area contributed by atoms with Crippen LogP contribution in [0.2, 0.25) is 0 Å². The third kappa shape index (κ3) is 2.94. The van der Waals surface area contributed by atoms with Crippen LogP contribution >= 0.6 is 0 Å². The van der Waals surface area contributed by atoms with Crippen molar-refractivity contribution >= 4 is 12.1 Å². The summed E-state index contributed by atoms with van der Waals surface area (Å²) in [5.74, 6) is 0.135. The molecule has 3 nitrogen and oxygen atoms in total. The summed E-state index contributed by atoms with van der Waals surface area (Å²) in [7, 11) is 1.56. The summed E-state index contributed by atoms with van der Waals surface area (Å²) in [5.41, 5.74) is 0.443. The number of carbonyl (C=O) groups excluding carboxylic acids is 1. The van der Waals surface area contributed by atoms with Gasteiger partial charge in [-0.1, -0.05) is 6.92 Å². The minimum absolute atomic E-state index is 0.387. The number of hydrogen-bond donors (Lipinski definition) is 0. The number of ether oxygens (including phenoxy) is 1. The van der Waals surface area contributed by atoms with E-state index in [0.717, 1.165) is 6.42 Å². The highest BCUT2D eigenvalue weighted by Crippen LogP contribution is 2.27. The molecule has 1 rings (SSSR count). The lowest BCUT2D eigenvalue weighted by Gasteiger charge is -2.16. The van der Waals surface area contributed by atoms with Crippen LogP contribution < -0.4 is 9.64 Å². The van der Waals surface area contributed by atoms with Crippen molar-refractivity contribution in [3.05, 3.63) is 24.0 Å². The summed E-state index contributed by atoms with van der Waals surface area (Å²) in [5, 5.41) is 0. The van der Waals surface area contributed by atoms with Gasteiger partial charge in [-0.25, -0.2) is 4.39 Å². The fourth-order valence-electron chi connectivity index (χ4n) is 1.16. The smallest absolute Gasteiger partial charge is 0.213 e. The van der Waals surface area contributed by atoms with Gasteiger partial charge in [0, 0.05) is 13.1 Å². The molecule has 82 valence electrons. The molecule has 0 spiro atoms. The zero-order valence-electron chi connectivity index (χ0n) is 8.87. The van der Waals surface area contributed by atoms with Crippen molar-refractivity contribution in [3.8, 4) is 5.75 Å². The van der Waals surface area contributed by atoms with E-state index < -0.39 is 0 Å². The van der Waals surface area contributed by atoms with Gasteiger partial charge in [0.25, 0.3) is 0 Å². The molecule has 0 radical (unpaired) electrons. The predicted molar refractivity (Wildman–Crippen MR) is 56.7 cm³/mol. The second-order valence-electron chi connectivity index (χ2n) is 3.18. The Morgan fingerprint density at radius 1 is 1.53 bits per heavy atom. The van der Waals surface area contributed by atoms with Gasteiger partial charge in [0.1, 0.15) is 11.6 Å². The lowest BCUT2D eigenvalue weighted by atomic mass is 10.2. The highest BCUT2D eigenvalue weighted by atomic mass is 19.1. The van der Waals surface area contributed by atoms with Crippen LogP contribution in [0.25, 0.3) is 0 Å². The maximum absolute atomic E-state index is 13.0. The number of halogens is 1. The third-order valence-electron chi connectivity index (χ3n) is 1.92. The number of rotatable bonds is 5. The van der Waals surface area contributed by atoms with Crippen molar-refractivity contribution in [2.45, 2.75) is 13.3 Å². The number of nitrogens with zero attached hydrogens (tertiary/aromatic N) is 1. The monoisotopic (exact) mass is 211 g/mol. The summed E-state index contributed by atoms with van der Waals surface area (Å²) in [6.45, 7) is 2.53. The van der Waals surface area contributed by atoms with E-state index in [1.54, 1.807) is 7.05 Å². The molecular formula is C11H14FNO2. The molecular weight excluding hydrogens is 197 g/mol. The van der Waals surface area contributed by atoms with Gasteiger partial charge in [-0.3, -0.25) is 4.79 Å². The van der Waals surface area contributed by atoms with Crippen molar-refractivity contribution in [1.82, 2.24) is 0 Å². The second-order valence-corrected chi connectivity index (χ2v) is 3.18. The molecule has 0 aliphatic rings. The summed E-state index contributed by atoms with van der Waals surface area (Å²) in [6.07, 6.45) is 1.48. The average molecular weight is 211 g/mol. The lowest BCUT2D eigenvalue weighted by Crippen LogP contribution is -2.15. The Hall–Kier alpha value is -1.58. The van der Waals surface area contributed by atoms with Gasteiger partial charge in [-0.05, 0) is 18.6 Å². The number of carbonyl (C=O) groups is 1. The Labute approximate surface area is 88.5 Å². The first-order valence-electron chi connectivity index (χ1n) is 4.79. The molecule has 0 saturated carbocycles. The molecule has 0 N–H and O–H groups in total. The Morgan fingerprint density at radius 2 is 2.27 bits per heavy atom. The van der Waals surface area contributed by atoms with Crippen molar-refractivity contribution in [3.63, 3.8) is 0 Å². The standard InChI is InChI=1S/C11H14FNO2/c1-3-6-15-11-5-4-9(12)7-10(11)13(2)8-14/h4-5,7-8H,3,6H2,1-2H3. The molecule has 0 saturated heterocycles. The molecule has 0 atom stereocenters. The van der Waals surface area contributed by atoms with E-state index in [4.69, 9.17) is 4.74 Å². The summed E-state index contributed by atoms with van der Waals surface area (Å²) >= 11 is 0. The number of hydrogen-bond acceptors (Lipinski definition) is 2. The van der Waals surface area contributed by atoms with Crippen LogP contribution in [-0.2, 0) is 4.79 Å². The molecule has 1 aromatic carbocycles. The van der Waals surface area contributed by atoms with Crippen LogP contribution in [0.4, 0.5) is 10.1 Å². The van der Waals surface area contributed by atoms with Crippen LogP contribution in [0.3, 0.4) is 0 Å². The summed E-state index contributed by atoms with van der Waals surface area (Å²) in [6, 6.07) is 4.12. The Morgan fingerprint density at radius 3 is 2.87 bits per heavy atom. The van der Waals surface area contributed by atoms with E-state index in [1.165, 1.54) is 23.1 Å². The predicted octanol–water partition coefficient (Wildman–Crippen LogP) is 2.21. The van der Waals surface area contributed by atoms with Gasteiger partial charge in [0.2, 0.25) is 6.41 Å².